The van der Waals surface area contributed by atoms with Crippen molar-refractivity contribution in [1.29, 1.82) is 0 Å². The molecule has 0 unspecified atom stereocenters. The third-order valence-electron chi connectivity index (χ3n) is 4.13. The van der Waals surface area contributed by atoms with Gasteiger partial charge in [0.1, 0.15) is 0 Å². The van der Waals surface area contributed by atoms with Crippen molar-refractivity contribution in [3.63, 3.8) is 0 Å². The second kappa shape index (κ2) is 15.5. The molecular weight excluding hydrogens is 322 g/mol. The summed E-state index contributed by atoms with van der Waals surface area (Å²) in [6, 6.07) is 10.5. The van der Waals surface area contributed by atoms with Crippen molar-refractivity contribution in [2.45, 2.75) is 58.8 Å². The molecule has 0 saturated heterocycles. The molecule has 4 heteroatoms. The molecule has 0 aliphatic carbocycles. The fourth-order valence-corrected chi connectivity index (χ4v) is 2.67. The second-order valence-corrected chi connectivity index (χ2v) is 6.30. The van der Waals surface area contributed by atoms with E-state index in [1.165, 1.54) is 36.1 Å². The van der Waals surface area contributed by atoms with Crippen LogP contribution in [0, 0.1) is 0 Å². The van der Waals surface area contributed by atoms with E-state index in [-0.39, 0.29) is 18.4 Å². The Morgan fingerprint density at radius 2 is 1.58 bits per heavy atom. The Labute approximate surface area is 154 Å². The van der Waals surface area contributed by atoms with Crippen LogP contribution in [0.2, 0.25) is 0 Å². The van der Waals surface area contributed by atoms with Crippen LogP contribution in [0.5, 0.6) is 0 Å². The minimum Gasteiger partial charge on any atom is -1.00 e. The number of carbonyl (C=O) groups is 1. The summed E-state index contributed by atoms with van der Waals surface area (Å²) in [5.74, 6) is -0.0353. The summed E-state index contributed by atoms with van der Waals surface area (Å²) in [7, 11) is 0. The summed E-state index contributed by atoms with van der Waals surface area (Å²) in [6.45, 7) is 7.64. The van der Waals surface area contributed by atoms with Gasteiger partial charge in [0.25, 0.3) is 0 Å². The number of rotatable bonds is 13. The minimum atomic E-state index is -0.0353. The van der Waals surface area contributed by atoms with Gasteiger partial charge < -0.3 is 22.0 Å². The summed E-state index contributed by atoms with van der Waals surface area (Å²) < 4.78 is 5.41. The summed E-state index contributed by atoms with van der Waals surface area (Å²) in [6.07, 6.45) is 7.81. The molecule has 1 rings (SSSR count). The Morgan fingerprint density at radius 1 is 0.958 bits per heavy atom. The monoisotopic (exact) mass is 355 g/mol. The third-order valence-corrected chi connectivity index (χ3v) is 4.13. The van der Waals surface area contributed by atoms with E-state index in [0.717, 1.165) is 32.4 Å². The maximum absolute atomic E-state index is 12.0. The highest BCUT2D eigenvalue weighted by Gasteiger charge is 2.14. The molecule has 0 aromatic heterocycles. The molecule has 0 bridgehead atoms. The van der Waals surface area contributed by atoms with Crippen LogP contribution < -0.4 is 17.3 Å². The minimum absolute atomic E-state index is 0. The van der Waals surface area contributed by atoms with Crippen LogP contribution in [0.15, 0.2) is 30.3 Å². The Bertz CT molecular complexity index is 403. The van der Waals surface area contributed by atoms with E-state index in [4.69, 9.17) is 4.74 Å². The first-order chi connectivity index (χ1) is 11.3. The summed E-state index contributed by atoms with van der Waals surface area (Å²) in [4.78, 5) is 13.3. The van der Waals surface area contributed by atoms with Crippen molar-refractivity contribution in [2.24, 2.45) is 0 Å². The summed E-state index contributed by atoms with van der Waals surface area (Å²) in [5, 5.41) is 0. The van der Waals surface area contributed by atoms with Crippen LogP contribution in [-0.2, 0) is 16.0 Å². The Kier molecular flexibility index (Phi) is 14.8. The first-order valence-corrected chi connectivity index (χ1v) is 9.29. The summed E-state index contributed by atoms with van der Waals surface area (Å²) in [5.41, 5.74) is 1.36. The smallest absolute Gasteiger partial charge is 0.361 e. The lowest BCUT2D eigenvalue weighted by molar-refractivity contribution is -0.893. The molecule has 24 heavy (non-hydrogen) atoms. The molecule has 0 fully saturated rings. The fraction of sp³-hybridized carbons (Fsp3) is 0.650. The Hall–Kier alpha value is -1.06. The molecule has 0 saturated carbocycles. The molecule has 0 aliphatic heterocycles. The number of nitrogens with one attached hydrogen (secondary N) is 1. The molecule has 0 amide bonds. The SMILES string of the molecule is CCCC[NH+](CCCC)CC(=O)OCCCCc1ccccc1.[Cl-]. The standard InChI is InChI=1S/C20H33NO2.ClH/c1-3-5-15-21(16-6-4-2)18-20(22)23-17-11-10-14-19-12-8-7-9-13-19;/h7-9,12-13H,3-6,10-11,14-18H2,1-2H3;1H. The zero-order chi connectivity index (χ0) is 16.8. The molecule has 1 aromatic carbocycles. The highest BCUT2D eigenvalue weighted by atomic mass is 35.5. The number of hydrogen-bond donors (Lipinski definition) is 1. The highest BCUT2D eigenvalue weighted by Crippen LogP contribution is 2.04. The van der Waals surface area contributed by atoms with Crippen molar-refractivity contribution in [3.8, 4) is 0 Å². The van der Waals surface area contributed by atoms with E-state index >= 15 is 0 Å². The number of esters is 1. The van der Waals surface area contributed by atoms with Gasteiger partial charge in [-0.2, -0.15) is 0 Å². The van der Waals surface area contributed by atoms with Gasteiger partial charge in [0.15, 0.2) is 6.54 Å². The number of aryl methyl sites for hydroxylation is 1. The van der Waals surface area contributed by atoms with Crippen LogP contribution in [-0.4, -0.2) is 32.2 Å². The number of quaternary nitrogens is 1. The van der Waals surface area contributed by atoms with Crippen molar-refractivity contribution in [2.75, 3.05) is 26.2 Å². The van der Waals surface area contributed by atoms with E-state index < -0.39 is 0 Å². The molecule has 0 heterocycles. The number of carbonyl (C=O) groups excluding carboxylic acids is 1. The third kappa shape index (κ3) is 11.5. The zero-order valence-electron chi connectivity index (χ0n) is 15.4. The topological polar surface area (TPSA) is 30.7 Å². The lowest BCUT2D eigenvalue weighted by atomic mass is 10.1. The van der Waals surface area contributed by atoms with Gasteiger partial charge in [0.2, 0.25) is 0 Å². The molecule has 1 N–H and O–H groups in total. The number of benzene rings is 1. The van der Waals surface area contributed by atoms with Crippen molar-refractivity contribution >= 4 is 5.97 Å². The molecule has 138 valence electrons. The largest absolute Gasteiger partial charge is 1.00 e. The van der Waals surface area contributed by atoms with Gasteiger partial charge in [-0.1, -0.05) is 57.0 Å². The van der Waals surface area contributed by atoms with E-state index in [1.807, 2.05) is 6.07 Å². The lowest BCUT2D eigenvalue weighted by Crippen LogP contribution is -3.13. The van der Waals surface area contributed by atoms with E-state index in [1.54, 1.807) is 0 Å². The average Bonchev–Trinajstić information content (AvgIpc) is 2.58. The second-order valence-electron chi connectivity index (χ2n) is 6.30. The van der Waals surface area contributed by atoms with E-state index in [9.17, 15) is 4.79 Å². The molecular formula is C20H34ClNO2. The average molecular weight is 356 g/mol. The maximum atomic E-state index is 12.0. The van der Waals surface area contributed by atoms with Gasteiger partial charge in [-0.25, -0.2) is 4.79 Å². The van der Waals surface area contributed by atoms with Crippen molar-refractivity contribution in [3.05, 3.63) is 35.9 Å². The van der Waals surface area contributed by atoms with Gasteiger partial charge in [0, 0.05) is 0 Å². The zero-order valence-corrected chi connectivity index (χ0v) is 16.1. The van der Waals surface area contributed by atoms with E-state index in [0.29, 0.717) is 13.2 Å². The first kappa shape index (κ1) is 22.9. The molecule has 1 aromatic rings. The number of ether oxygens (including phenoxy) is 1. The van der Waals surface area contributed by atoms with Crippen molar-refractivity contribution in [1.82, 2.24) is 0 Å². The molecule has 0 atom stereocenters. The van der Waals surface area contributed by atoms with Crippen LogP contribution >= 0.6 is 0 Å². The van der Waals surface area contributed by atoms with Crippen LogP contribution in [0.1, 0.15) is 57.9 Å². The van der Waals surface area contributed by atoms with Crippen molar-refractivity contribution < 1.29 is 26.8 Å². The number of unbranched alkanes of at least 4 members (excludes halogenated alkanes) is 3. The van der Waals surface area contributed by atoms with Gasteiger partial charge in [0.05, 0.1) is 19.7 Å². The predicted octanol–water partition coefficient (Wildman–Crippen LogP) is 0.0416. The Balaban J connectivity index is 0.00000529. The maximum Gasteiger partial charge on any atom is 0.361 e. The Morgan fingerprint density at radius 3 is 2.17 bits per heavy atom. The molecule has 3 nitrogen and oxygen atoms in total. The quantitative estimate of drug-likeness (QED) is 0.400. The van der Waals surface area contributed by atoms with Gasteiger partial charge >= 0.3 is 5.97 Å². The van der Waals surface area contributed by atoms with Crippen LogP contribution in [0.3, 0.4) is 0 Å². The van der Waals surface area contributed by atoms with Crippen LogP contribution in [0.25, 0.3) is 0 Å². The fourth-order valence-electron chi connectivity index (χ4n) is 2.67. The molecule has 0 aliphatic rings. The van der Waals surface area contributed by atoms with Gasteiger partial charge in [-0.05, 0) is 37.7 Å². The van der Waals surface area contributed by atoms with E-state index in [2.05, 4.69) is 38.1 Å². The van der Waals surface area contributed by atoms with Gasteiger partial charge in [-0.3, -0.25) is 0 Å². The van der Waals surface area contributed by atoms with Crippen LogP contribution in [0.4, 0.5) is 0 Å². The predicted molar refractivity (Wildman–Crippen MR) is 95.7 cm³/mol. The number of halogens is 1. The highest BCUT2D eigenvalue weighted by molar-refractivity contribution is 5.70. The number of hydrogen-bond acceptors (Lipinski definition) is 2. The first-order valence-electron chi connectivity index (χ1n) is 9.29. The normalized spacial score (nSPS) is 10.5. The summed E-state index contributed by atoms with van der Waals surface area (Å²) >= 11 is 0. The molecule has 0 spiro atoms. The lowest BCUT2D eigenvalue weighted by Gasteiger charge is -2.18. The van der Waals surface area contributed by atoms with Gasteiger partial charge in [-0.15, -0.1) is 0 Å². The molecule has 0 radical (unpaired) electrons.